The first-order valence-corrected chi connectivity index (χ1v) is 6.41. The van der Waals surface area contributed by atoms with Gasteiger partial charge in [0.2, 0.25) is 0 Å². The lowest BCUT2D eigenvalue weighted by molar-refractivity contribution is 0.0651. The second-order valence-electron chi connectivity index (χ2n) is 4.70. The molecule has 0 N–H and O–H groups in total. The molecule has 0 spiro atoms. The van der Waals surface area contributed by atoms with Gasteiger partial charge in [-0.2, -0.15) is 0 Å². The quantitative estimate of drug-likeness (QED) is 0.708. The highest BCUT2D eigenvalue weighted by Crippen LogP contribution is 2.35. The maximum Gasteiger partial charge on any atom is 0.0615 e. The number of halogens is 1. The summed E-state index contributed by atoms with van der Waals surface area (Å²) in [7, 11) is 0. The Morgan fingerprint density at radius 1 is 1.19 bits per heavy atom. The zero-order valence-corrected chi connectivity index (χ0v) is 10.8. The van der Waals surface area contributed by atoms with Crippen molar-refractivity contribution in [3.63, 3.8) is 0 Å². The van der Waals surface area contributed by atoms with E-state index >= 15 is 0 Å². The molecule has 1 fully saturated rings. The fourth-order valence-corrected chi connectivity index (χ4v) is 2.60. The molecule has 2 heteroatoms. The Balaban J connectivity index is 2.12. The Hall–Kier alpha value is -0.530. The maximum absolute atomic E-state index is 6.55. The highest BCUT2D eigenvalue weighted by molar-refractivity contribution is 6.21. The van der Waals surface area contributed by atoms with Gasteiger partial charge in [-0.15, -0.1) is 11.6 Å². The van der Waals surface area contributed by atoms with Gasteiger partial charge in [-0.3, -0.25) is 0 Å². The summed E-state index contributed by atoms with van der Waals surface area (Å²) >= 11 is 6.55. The summed E-state index contributed by atoms with van der Waals surface area (Å²) in [6.45, 7) is 6.00. The van der Waals surface area contributed by atoms with Gasteiger partial charge in [0.05, 0.1) is 5.38 Å². The van der Waals surface area contributed by atoms with Crippen molar-refractivity contribution in [2.24, 2.45) is 5.92 Å². The molecular formula is C14H19ClO. The van der Waals surface area contributed by atoms with Crippen LogP contribution in [0.2, 0.25) is 0 Å². The van der Waals surface area contributed by atoms with E-state index in [4.69, 9.17) is 16.3 Å². The first-order valence-electron chi connectivity index (χ1n) is 5.97. The van der Waals surface area contributed by atoms with Gasteiger partial charge in [-0.25, -0.2) is 0 Å². The number of aryl methyl sites for hydroxylation is 2. The van der Waals surface area contributed by atoms with Crippen LogP contribution in [0.5, 0.6) is 0 Å². The van der Waals surface area contributed by atoms with Crippen molar-refractivity contribution in [3.05, 3.63) is 34.9 Å². The van der Waals surface area contributed by atoms with E-state index < -0.39 is 0 Å². The standard InChI is InChI=1S/C14H19ClO/c1-10-3-4-13(9-11(10)2)14(15)12-5-7-16-8-6-12/h3-4,9,12,14H,5-8H2,1-2H3. The molecule has 2 rings (SSSR count). The van der Waals surface area contributed by atoms with Gasteiger partial charge in [0, 0.05) is 13.2 Å². The Morgan fingerprint density at radius 3 is 2.50 bits per heavy atom. The molecule has 0 bridgehead atoms. The van der Waals surface area contributed by atoms with Crippen molar-refractivity contribution in [2.45, 2.75) is 32.1 Å². The SMILES string of the molecule is Cc1ccc(C(Cl)C2CCOCC2)cc1C. The molecule has 1 aromatic carbocycles. The summed E-state index contributed by atoms with van der Waals surface area (Å²) in [5, 5.41) is 0.142. The number of hydrogen-bond donors (Lipinski definition) is 0. The Kier molecular flexibility index (Phi) is 3.88. The van der Waals surface area contributed by atoms with E-state index in [0.29, 0.717) is 5.92 Å². The molecule has 88 valence electrons. The molecule has 0 aromatic heterocycles. The zero-order valence-electron chi connectivity index (χ0n) is 10.0. The number of benzene rings is 1. The normalized spacial score (nSPS) is 19.7. The van der Waals surface area contributed by atoms with E-state index in [-0.39, 0.29) is 5.38 Å². The molecule has 1 nitrogen and oxygen atoms in total. The minimum atomic E-state index is 0.142. The third-order valence-corrected chi connectivity index (χ3v) is 4.14. The van der Waals surface area contributed by atoms with Gasteiger partial charge in [0.15, 0.2) is 0 Å². The van der Waals surface area contributed by atoms with E-state index in [0.717, 1.165) is 26.1 Å². The van der Waals surface area contributed by atoms with Crippen molar-refractivity contribution in [2.75, 3.05) is 13.2 Å². The van der Waals surface area contributed by atoms with Gasteiger partial charge in [-0.1, -0.05) is 18.2 Å². The average molecular weight is 239 g/mol. The van der Waals surface area contributed by atoms with Crippen molar-refractivity contribution in [1.82, 2.24) is 0 Å². The third-order valence-electron chi connectivity index (χ3n) is 3.53. The average Bonchev–Trinajstić information content (AvgIpc) is 2.33. The molecule has 0 aliphatic carbocycles. The van der Waals surface area contributed by atoms with Crippen LogP contribution in [0, 0.1) is 19.8 Å². The second kappa shape index (κ2) is 5.20. The molecule has 16 heavy (non-hydrogen) atoms. The lowest BCUT2D eigenvalue weighted by Crippen LogP contribution is -2.19. The maximum atomic E-state index is 6.55. The lowest BCUT2D eigenvalue weighted by atomic mass is 9.90. The zero-order chi connectivity index (χ0) is 11.5. The predicted molar refractivity (Wildman–Crippen MR) is 68.1 cm³/mol. The van der Waals surface area contributed by atoms with Crippen LogP contribution in [0.15, 0.2) is 18.2 Å². The third kappa shape index (κ3) is 2.58. The summed E-state index contributed by atoms with van der Waals surface area (Å²) in [6, 6.07) is 6.55. The summed E-state index contributed by atoms with van der Waals surface area (Å²) in [6.07, 6.45) is 2.17. The summed E-state index contributed by atoms with van der Waals surface area (Å²) in [5.74, 6) is 0.567. The summed E-state index contributed by atoms with van der Waals surface area (Å²) < 4.78 is 5.37. The van der Waals surface area contributed by atoms with E-state index in [1.54, 1.807) is 0 Å². The molecular weight excluding hydrogens is 220 g/mol. The molecule has 0 saturated carbocycles. The Bertz CT molecular complexity index is 356. The van der Waals surface area contributed by atoms with Crippen LogP contribution in [0.25, 0.3) is 0 Å². The Labute approximate surface area is 103 Å². The minimum absolute atomic E-state index is 0.142. The van der Waals surface area contributed by atoms with Crippen molar-refractivity contribution < 1.29 is 4.74 Å². The minimum Gasteiger partial charge on any atom is -0.381 e. The van der Waals surface area contributed by atoms with Gasteiger partial charge in [0.1, 0.15) is 0 Å². The van der Waals surface area contributed by atoms with Crippen LogP contribution in [-0.2, 0) is 4.74 Å². The Morgan fingerprint density at radius 2 is 1.88 bits per heavy atom. The fourth-order valence-electron chi connectivity index (χ4n) is 2.22. The number of rotatable bonds is 2. The first kappa shape index (κ1) is 11.9. The molecule has 0 radical (unpaired) electrons. The van der Waals surface area contributed by atoms with Crippen LogP contribution in [-0.4, -0.2) is 13.2 Å². The monoisotopic (exact) mass is 238 g/mol. The highest BCUT2D eigenvalue weighted by Gasteiger charge is 2.23. The first-order chi connectivity index (χ1) is 7.68. The topological polar surface area (TPSA) is 9.23 Å². The molecule has 1 aliphatic heterocycles. The van der Waals surface area contributed by atoms with Crippen molar-refractivity contribution in [3.8, 4) is 0 Å². The molecule has 1 unspecified atom stereocenters. The van der Waals surface area contributed by atoms with E-state index in [1.165, 1.54) is 16.7 Å². The molecule has 1 aromatic rings. The van der Waals surface area contributed by atoms with Gasteiger partial charge >= 0.3 is 0 Å². The molecule has 0 amide bonds. The fraction of sp³-hybridized carbons (Fsp3) is 0.571. The predicted octanol–water partition coefficient (Wildman–Crippen LogP) is 4.01. The van der Waals surface area contributed by atoms with Crippen LogP contribution >= 0.6 is 11.6 Å². The van der Waals surface area contributed by atoms with Gasteiger partial charge < -0.3 is 4.74 Å². The largest absolute Gasteiger partial charge is 0.381 e. The molecule has 1 atom stereocenters. The van der Waals surface area contributed by atoms with Crippen LogP contribution in [0.3, 0.4) is 0 Å². The van der Waals surface area contributed by atoms with Crippen molar-refractivity contribution in [1.29, 1.82) is 0 Å². The van der Waals surface area contributed by atoms with Crippen LogP contribution in [0.4, 0.5) is 0 Å². The van der Waals surface area contributed by atoms with E-state index in [1.807, 2.05) is 0 Å². The van der Waals surface area contributed by atoms with Crippen molar-refractivity contribution >= 4 is 11.6 Å². The summed E-state index contributed by atoms with van der Waals surface area (Å²) in [5.41, 5.74) is 3.92. The van der Waals surface area contributed by atoms with Gasteiger partial charge in [0.25, 0.3) is 0 Å². The van der Waals surface area contributed by atoms with E-state index in [2.05, 4.69) is 32.0 Å². The number of ether oxygens (including phenoxy) is 1. The lowest BCUT2D eigenvalue weighted by Gasteiger charge is -2.26. The van der Waals surface area contributed by atoms with Gasteiger partial charge in [-0.05, 0) is 49.3 Å². The molecule has 1 aliphatic rings. The number of alkyl halides is 1. The molecule has 1 saturated heterocycles. The summed E-state index contributed by atoms with van der Waals surface area (Å²) in [4.78, 5) is 0. The second-order valence-corrected chi connectivity index (χ2v) is 5.17. The smallest absolute Gasteiger partial charge is 0.0615 e. The van der Waals surface area contributed by atoms with E-state index in [9.17, 15) is 0 Å². The highest BCUT2D eigenvalue weighted by atomic mass is 35.5. The number of hydrogen-bond acceptors (Lipinski definition) is 1. The van der Waals surface area contributed by atoms with Crippen LogP contribution < -0.4 is 0 Å². The molecule has 1 heterocycles. The van der Waals surface area contributed by atoms with Crippen LogP contribution in [0.1, 0.15) is 34.9 Å².